The fraction of sp³-hybridized carbons (Fsp3) is 0.125. The minimum Gasteiger partial charge on any atom is -0.335 e. The van der Waals surface area contributed by atoms with E-state index in [4.69, 9.17) is 11.6 Å². The third-order valence-corrected chi connectivity index (χ3v) is 1.55. The van der Waals surface area contributed by atoms with E-state index in [1.54, 1.807) is 12.1 Å². The maximum atomic E-state index is 13.0. The van der Waals surface area contributed by atoms with Gasteiger partial charge in [-0.05, 0) is 36.8 Å². The van der Waals surface area contributed by atoms with Crippen LogP contribution in [0.5, 0.6) is 0 Å². The molecule has 64 valence electrons. The van der Waals surface area contributed by atoms with Gasteiger partial charge in [0.1, 0.15) is 5.82 Å². The number of nitrogens with one attached hydrogen (secondary N) is 1. The maximum absolute atomic E-state index is 13.0. The van der Waals surface area contributed by atoms with Crippen LogP contribution in [0, 0.1) is 12.7 Å². The molecule has 0 heterocycles. The lowest BCUT2D eigenvalue weighted by Crippen LogP contribution is -2.02. The van der Waals surface area contributed by atoms with Crippen molar-refractivity contribution in [2.45, 2.75) is 6.92 Å². The van der Waals surface area contributed by atoms with Crippen LogP contribution in [-0.2, 0) is 0 Å². The molecule has 0 aliphatic heterocycles. The molecule has 12 heavy (non-hydrogen) atoms. The molecule has 4 heteroatoms. The third-order valence-electron chi connectivity index (χ3n) is 1.36. The molecule has 0 unspecified atom stereocenters. The number of benzene rings is 1. The lowest BCUT2D eigenvalue weighted by molar-refractivity contribution is 0.631. The van der Waals surface area contributed by atoms with E-state index in [9.17, 15) is 4.39 Å². The van der Waals surface area contributed by atoms with Crippen molar-refractivity contribution in [1.82, 2.24) is 0 Å². The standard InChI is InChI=1S/C8H7ClFNS/c1-5-2-3-7(6(10)4-5)11-8(9)12/h2-4H,1H3,(H,11,12). The molecule has 0 aliphatic rings. The summed E-state index contributed by atoms with van der Waals surface area (Å²) in [6.45, 7) is 1.81. The molecule has 0 atom stereocenters. The second-order valence-corrected chi connectivity index (χ2v) is 3.39. The van der Waals surface area contributed by atoms with Crippen molar-refractivity contribution < 1.29 is 4.39 Å². The van der Waals surface area contributed by atoms with Gasteiger partial charge < -0.3 is 5.32 Å². The summed E-state index contributed by atoms with van der Waals surface area (Å²) < 4.78 is 13.1. The molecular weight excluding hydrogens is 197 g/mol. The van der Waals surface area contributed by atoms with Crippen LogP contribution in [0.1, 0.15) is 5.56 Å². The summed E-state index contributed by atoms with van der Waals surface area (Å²) in [5, 5.41) is 2.52. The highest BCUT2D eigenvalue weighted by molar-refractivity contribution is 7.83. The van der Waals surface area contributed by atoms with Gasteiger partial charge in [0.25, 0.3) is 0 Å². The highest BCUT2D eigenvalue weighted by Crippen LogP contribution is 2.15. The summed E-state index contributed by atoms with van der Waals surface area (Å²) in [4.78, 5) is 0. The van der Waals surface area contributed by atoms with Crippen LogP contribution in [0.25, 0.3) is 0 Å². The summed E-state index contributed by atoms with van der Waals surface area (Å²) in [5.74, 6) is -0.349. The van der Waals surface area contributed by atoms with Crippen LogP contribution in [0.4, 0.5) is 10.1 Å². The number of rotatable bonds is 1. The minimum absolute atomic E-state index is 0.0396. The van der Waals surface area contributed by atoms with Crippen molar-refractivity contribution >= 4 is 34.0 Å². The van der Waals surface area contributed by atoms with Crippen LogP contribution in [0.15, 0.2) is 18.2 Å². The van der Waals surface area contributed by atoms with Crippen molar-refractivity contribution in [2.75, 3.05) is 5.32 Å². The predicted molar refractivity (Wildman–Crippen MR) is 53.2 cm³/mol. The number of aryl methyl sites for hydroxylation is 1. The van der Waals surface area contributed by atoms with Gasteiger partial charge in [-0.3, -0.25) is 0 Å². The number of thiocarbonyl (C=S) groups is 1. The van der Waals surface area contributed by atoms with E-state index in [1.807, 2.05) is 6.92 Å². The van der Waals surface area contributed by atoms with Gasteiger partial charge in [0.05, 0.1) is 5.69 Å². The Bertz CT molecular complexity index is 314. The molecule has 0 bridgehead atoms. The van der Waals surface area contributed by atoms with Crippen molar-refractivity contribution in [3.05, 3.63) is 29.6 Å². The summed E-state index contributed by atoms with van der Waals surface area (Å²) in [5.41, 5.74) is 1.17. The van der Waals surface area contributed by atoms with Gasteiger partial charge >= 0.3 is 0 Å². The topological polar surface area (TPSA) is 12.0 Å². The summed E-state index contributed by atoms with van der Waals surface area (Å²) in [6.07, 6.45) is 0. The Balaban J connectivity index is 2.93. The van der Waals surface area contributed by atoms with Gasteiger partial charge in [-0.15, -0.1) is 0 Å². The number of hydrogen-bond acceptors (Lipinski definition) is 1. The molecule has 0 spiro atoms. The monoisotopic (exact) mass is 203 g/mol. The van der Waals surface area contributed by atoms with Gasteiger partial charge in [0.15, 0.2) is 4.45 Å². The lowest BCUT2D eigenvalue weighted by atomic mass is 10.2. The first kappa shape index (κ1) is 9.42. The fourth-order valence-electron chi connectivity index (χ4n) is 0.827. The van der Waals surface area contributed by atoms with E-state index >= 15 is 0 Å². The van der Waals surface area contributed by atoms with Crippen LogP contribution in [0.3, 0.4) is 0 Å². The Morgan fingerprint density at radius 1 is 1.58 bits per heavy atom. The van der Waals surface area contributed by atoms with Crippen LogP contribution >= 0.6 is 23.8 Å². The average Bonchev–Trinajstić information content (AvgIpc) is 1.94. The molecule has 0 amide bonds. The van der Waals surface area contributed by atoms with Gasteiger partial charge in [-0.2, -0.15) is 0 Å². The first-order valence-electron chi connectivity index (χ1n) is 3.32. The van der Waals surface area contributed by atoms with Gasteiger partial charge in [0, 0.05) is 0 Å². The van der Waals surface area contributed by atoms with Crippen molar-refractivity contribution in [3.8, 4) is 0 Å². The van der Waals surface area contributed by atoms with Crippen molar-refractivity contribution in [3.63, 3.8) is 0 Å². The highest BCUT2D eigenvalue weighted by Gasteiger charge is 2.01. The van der Waals surface area contributed by atoms with Crippen LogP contribution in [0.2, 0.25) is 0 Å². The fourth-order valence-corrected chi connectivity index (χ4v) is 1.04. The average molecular weight is 204 g/mol. The lowest BCUT2D eigenvalue weighted by Gasteiger charge is -2.03. The summed E-state index contributed by atoms with van der Waals surface area (Å²) >= 11 is 9.94. The Morgan fingerprint density at radius 3 is 2.75 bits per heavy atom. The third kappa shape index (κ3) is 2.43. The normalized spacial score (nSPS) is 9.58. The molecule has 0 aliphatic carbocycles. The largest absolute Gasteiger partial charge is 0.335 e. The van der Waals surface area contributed by atoms with E-state index in [-0.39, 0.29) is 10.3 Å². The molecule has 0 saturated heterocycles. The molecule has 0 fully saturated rings. The molecule has 1 aromatic rings. The van der Waals surface area contributed by atoms with Crippen molar-refractivity contribution in [2.24, 2.45) is 0 Å². The number of halogens is 2. The highest BCUT2D eigenvalue weighted by atomic mass is 35.5. The maximum Gasteiger partial charge on any atom is 0.171 e. The zero-order valence-corrected chi connectivity index (χ0v) is 7.97. The number of hydrogen-bond donors (Lipinski definition) is 1. The molecule has 0 aromatic heterocycles. The summed E-state index contributed by atoms with van der Waals surface area (Å²) in [6, 6.07) is 4.79. The molecule has 1 nitrogen and oxygen atoms in total. The second-order valence-electron chi connectivity index (χ2n) is 2.38. The van der Waals surface area contributed by atoms with Gasteiger partial charge in [-0.1, -0.05) is 17.7 Å². The molecule has 1 aromatic carbocycles. The van der Waals surface area contributed by atoms with Gasteiger partial charge in [0.2, 0.25) is 0 Å². The van der Waals surface area contributed by atoms with E-state index in [0.717, 1.165) is 5.56 Å². The van der Waals surface area contributed by atoms with Crippen LogP contribution < -0.4 is 5.32 Å². The molecule has 1 rings (SSSR count). The second kappa shape index (κ2) is 3.83. The Kier molecular flexibility index (Phi) is 3.00. The van der Waals surface area contributed by atoms with E-state index < -0.39 is 0 Å². The molecule has 0 radical (unpaired) electrons. The quantitative estimate of drug-likeness (QED) is 0.428. The van der Waals surface area contributed by atoms with Gasteiger partial charge in [-0.25, -0.2) is 4.39 Å². The Hall–Kier alpha value is -0.670. The van der Waals surface area contributed by atoms with E-state index in [1.165, 1.54) is 6.07 Å². The number of anilines is 1. The van der Waals surface area contributed by atoms with E-state index in [2.05, 4.69) is 17.5 Å². The molecule has 0 saturated carbocycles. The first-order chi connectivity index (χ1) is 5.59. The van der Waals surface area contributed by atoms with Crippen molar-refractivity contribution in [1.29, 1.82) is 0 Å². The SMILES string of the molecule is Cc1ccc(NC(=S)Cl)c(F)c1. The van der Waals surface area contributed by atoms with E-state index in [0.29, 0.717) is 5.69 Å². The van der Waals surface area contributed by atoms with Crippen LogP contribution in [-0.4, -0.2) is 4.45 Å². The summed E-state index contributed by atoms with van der Waals surface area (Å²) in [7, 11) is 0. The first-order valence-corrected chi connectivity index (χ1v) is 4.11. The molecular formula is C8H7ClFNS. The molecule has 1 N–H and O–H groups in total. The zero-order valence-electron chi connectivity index (χ0n) is 6.40. The Morgan fingerprint density at radius 2 is 2.25 bits per heavy atom. The Labute approximate surface area is 80.5 Å². The predicted octanol–water partition coefficient (Wildman–Crippen LogP) is 3.07. The minimum atomic E-state index is -0.349. The smallest absolute Gasteiger partial charge is 0.171 e. The zero-order chi connectivity index (χ0) is 9.14.